The highest BCUT2D eigenvalue weighted by molar-refractivity contribution is 6.05. The van der Waals surface area contributed by atoms with E-state index in [9.17, 15) is 9.59 Å². The summed E-state index contributed by atoms with van der Waals surface area (Å²) in [6.45, 7) is 0. The van der Waals surface area contributed by atoms with E-state index in [0.29, 0.717) is 0 Å². The van der Waals surface area contributed by atoms with Crippen molar-refractivity contribution in [2.75, 3.05) is 7.11 Å². The highest BCUT2D eigenvalue weighted by atomic mass is 16.5. The van der Waals surface area contributed by atoms with Crippen molar-refractivity contribution in [3.63, 3.8) is 0 Å². The molecule has 0 aliphatic rings. The zero-order valence-electron chi connectivity index (χ0n) is 11.3. The maximum absolute atomic E-state index is 11.9. The number of carbonyl (C=O) groups is 2. The molecule has 3 rings (SSSR count). The number of carbonyl (C=O) groups excluding carboxylic acids is 2. The highest BCUT2D eigenvalue weighted by Gasteiger charge is 2.17. The molecule has 2 aromatic heterocycles. The summed E-state index contributed by atoms with van der Waals surface area (Å²) < 4.78 is 15.1. The van der Waals surface area contributed by atoms with Gasteiger partial charge in [-0.25, -0.2) is 0 Å². The molecule has 0 amide bonds. The van der Waals surface area contributed by atoms with Crippen LogP contribution in [0.3, 0.4) is 0 Å². The van der Waals surface area contributed by atoms with Gasteiger partial charge < -0.3 is 13.6 Å². The van der Waals surface area contributed by atoms with Gasteiger partial charge in [-0.3, -0.25) is 9.59 Å². The van der Waals surface area contributed by atoms with Gasteiger partial charge in [-0.2, -0.15) is 0 Å². The van der Waals surface area contributed by atoms with Gasteiger partial charge in [0.25, 0.3) is 0 Å². The van der Waals surface area contributed by atoms with Gasteiger partial charge in [0.05, 0.1) is 19.6 Å². The standard InChI is InChI=1S/C16H12O5/c1-19-16(18)8-13(17)15-7-10(9-21-15)11-3-2-4-14-12(11)5-6-20-14/h2-7,9H,8H2,1H3. The number of fused-ring (bicyclic) bond motifs is 1. The molecule has 0 atom stereocenters. The first-order valence-corrected chi connectivity index (χ1v) is 6.34. The van der Waals surface area contributed by atoms with Crippen LogP contribution in [0.25, 0.3) is 22.1 Å². The molecule has 2 heterocycles. The fourth-order valence-corrected chi connectivity index (χ4v) is 2.16. The number of esters is 1. The number of hydrogen-bond acceptors (Lipinski definition) is 5. The minimum Gasteiger partial charge on any atom is -0.469 e. The van der Waals surface area contributed by atoms with Crippen molar-refractivity contribution in [3.05, 3.63) is 48.6 Å². The Hall–Kier alpha value is -2.82. The highest BCUT2D eigenvalue weighted by Crippen LogP contribution is 2.30. The average molecular weight is 284 g/mol. The molecule has 0 saturated carbocycles. The van der Waals surface area contributed by atoms with E-state index < -0.39 is 11.8 Å². The third-order valence-corrected chi connectivity index (χ3v) is 3.21. The molecular formula is C16H12O5. The predicted octanol–water partition coefficient (Wildman–Crippen LogP) is 3.44. The van der Waals surface area contributed by atoms with Crippen LogP contribution < -0.4 is 0 Å². The van der Waals surface area contributed by atoms with Crippen LogP contribution in [0.5, 0.6) is 0 Å². The Bertz CT molecular complexity index is 809. The van der Waals surface area contributed by atoms with Crippen molar-refractivity contribution in [3.8, 4) is 11.1 Å². The van der Waals surface area contributed by atoms with Crippen LogP contribution in [0.2, 0.25) is 0 Å². The molecule has 0 bridgehead atoms. The summed E-state index contributed by atoms with van der Waals surface area (Å²) in [5.41, 5.74) is 2.42. The molecule has 0 aliphatic heterocycles. The zero-order chi connectivity index (χ0) is 14.8. The van der Waals surface area contributed by atoms with Crippen LogP contribution in [0.1, 0.15) is 17.0 Å². The maximum atomic E-state index is 11.9. The van der Waals surface area contributed by atoms with Gasteiger partial charge in [0.15, 0.2) is 5.76 Å². The first kappa shape index (κ1) is 13.2. The molecule has 0 radical (unpaired) electrons. The SMILES string of the molecule is COC(=O)CC(=O)c1cc(-c2cccc3occc23)co1. The third-order valence-electron chi connectivity index (χ3n) is 3.21. The van der Waals surface area contributed by atoms with Gasteiger partial charge in [-0.1, -0.05) is 12.1 Å². The Morgan fingerprint density at radius 1 is 1.19 bits per heavy atom. The summed E-state index contributed by atoms with van der Waals surface area (Å²) >= 11 is 0. The van der Waals surface area contributed by atoms with Gasteiger partial charge in [0, 0.05) is 10.9 Å². The molecule has 21 heavy (non-hydrogen) atoms. The number of benzene rings is 1. The van der Waals surface area contributed by atoms with E-state index in [0.717, 1.165) is 22.1 Å². The largest absolute Gasteiger partial charge is 0.469 e. The summed E-state index contributed by atoms with van der Waals surface area (Å²) in [6, 6.07) is 9.12. The van der Waals surface area contributed by atoms with E-state index in [1.807, 2.05) is 24.3 Å². The second-order valence-electron chi connectivity index (χ2n) is 4.51. The Kier molecular flexibility index (Phi) is 3.31. The molecule has 3 aromatic rings. The van der Waals surface area contributed by atoms with Crippen molar-refractivity contribution in [1.29, 1.82) is 0 Å². The lowest BCUT2D eigenvalue weighted by atomic mass is 10.0. The molecular weight excluding hydrogens is 272 g/mol. The molecule has 0 fully saturated rings. The fourth-order valence-electron chi connectivity index (χ4n) is 2.16. The third kappa shape index (κ3) is 2.45. The number of ether oxygens (including phenoxy) is 1. The molecule has 5 nitrogen and oxygen atoms in total. The van der Waals surface area contributed by atoms with Crippen molar-refractivity contribution in [1.82, 2.24) is 0 Å². The summed E-state index contributed by atoms with van der Waals surface area (Å²) in [5.74, 6) is -0.863. The smallest absolute Gasteiger partial charge is 0.313 e. The number of hydrogen-bond donors (Lipinski definition) is 0. The van der Waals surface area contributed by atoms with Crippen LogP contribution in [0.15, 0.2) is 51.7 Å². The van der Waals surface area contributed by atoms with Crippen LogP contribution in [-0.2, 0) is 9.53 Å². The lowest BCUT2D eigenvalue weighted by molar-refractivity contribution is -0.139. The van der Waals surface area contributed by atoms with Gasteiger partial charge in [0.1, 0.15) is 12.0 Å². The number of Topliss-reactive ketones (excluding diaryl/α,β-unsaturated/α-hetero) is 1. The van der Waals surface area contributed by atoms with Crippen molar-refractivity contribution in [2.24, 2.45) is 0 Å². The molecule has 0 saturated heterocycles. The monoisotopic (exact) mass is 284 g/mol. The average Bonchev–Trinajstić information content (AvgIpc) is 3.15. The Balaban J connectivity index is 1.93. The van der Waals surface area contributed by atoms with Crippen LogP contribution in [-0.4, -0.2) is 18.9 Å². The van der Waals surface area contributed by atoms with E-state index in [4.69, 9.17) is 8.83 Å². The van der Waals surface area contributed by atoms with Crippen molar-refractivity contribution in [2.45, 2.75) is 6.42 Å². The van der Waals surface area contributed by atoms with Gasteiger partial charge >= 0.3 is 5.97 Å². The first-order valence-electron chi connectivity index (χ1n) is 6.34. The predicted molar refractivity (Wildman–Crippen MR) is 74.9 cm³/mol. The zero-order valence-corrected chi connectivity index (χ0v) is 11.3. The van der Waals surface area contributed by atoms with Gasteiger partial charge in [0.2, 0.25) is 5.78 Å². The summed E-state index contributed by atoms with van der Waals surface area (Å²) in [4.78, 5) is 23.0. The number of rotatable bonds is 4. The second-order valence-corrected chi connectivity index (χ2v) is 4.51. The molecule has 1 aromatic carbocycles. The van der Waals surface area contributed by atoms with E-state index in [-0.39, 0.29) is 12.2 Å². The molecule has 5 heteroatoms. The number of methoxy groups -OCH3 is 1. The van der Waals surface area contributed by atoms with E-state index in [1.54, 1.807) is 12.3 Å². The maximum Gasteiger partial charge on any atom is 0.313 e. The van der Waals surface area contributed by atoms with E-state index >= 15 is 0 Å². The minimum atomic E-state index is -0.588. The van der Waals surface area contributed by atoms with Crippen LogP contribution >= 0.6 is 0 Å². The lowest BCUT2D eigenvalue weighted by Crippen LogP contribution is -2.08. The minimum absolute atomic E-state index is 0.135. The Morgan fingerprint density at radius 2 is 2.05 bits per heavy atom. The van der Waals surface area contributed by atoms with E-state index in [2.05, 4.69) is 4.74 Å². The number of ketones is 1. The van der Waals surface area contributed by atoms with Crippen molar-refractivity contribution < 1.29 is 23.2 Å². The van der Waals surface area contributed by atoms with Crippen molar-refractivity contribution >= 4 is 22.7 Å². The molecule has 0 unspecified atom stereocenters. The molecule has 0 N–H and O–H groups in total. The van der Waals surface area contributed by atoms with Crippen LogP contribution in [0, 0.1) is 0 Å². The Labute approximate surface area is 120 Å². The summed E-state index contributed by atoms with van der Waals surface area (Å²) in [6.07, 6.45) is 2.77. The fraction of sp³-hybridized carbons (Fsp3) is 0.125. The first-order chi connectivity index (χ1) is 10.2. The van der Waals surface area contributed by atoms with Gasteiger partial charge in [-0.05, 0) is 23.8 Å². The molecule has 0 spiro atoms. The molecule has 0 aliphatic carbocycles. The summed E-state index contributed by atoms with van der Waals surface area (Å²) in [5, 5.41) is 0.935. The van der Waals surface area contributed by atoms with E-state index in [1.165, 1.54) is 13.4 Å². The summed E-state index contributed by atoms with van der Waals surface area (Å²) in [7, 11) is 1.24. The topological polar surface area (TPSA) is 69.7 Å². The normalized spacial score (nSPS) is 10.7. The molecule has 106 valence electrons. The quantitative estimate of drug-likeness (QED) is 0.417. The Morgan fingerprint density at radius 3 is 2.86 bits per heavy atom. The van der Waals surface area contributed by atoms with Crippen LogP contribution in [0.4, 0.5) is 0 Å². The van der Waals surface area contributed by atoms with Gasteiger partial charge in [-0.15, -0.1) is 0 Å². The second kappa shape index (κ2) is 5.28. The number of furan rings is 2. The lowest BCUT2D eigenvalue weighted by Gasteiger charge is -1.98.